The Morgan fingerprint density at radius 2 is 2.15 bits per heavy atom. The molecule has 0 saturated heterocycles. The lowest BCUT2D eigenvalue weighted by Gasteiger charge is -2.13. The molecule has 1 aliphatic carbocycles. The molecule has 1 fully saturated rings. The SMILES string of the molecule is CC(NS(=O)(=O)c1[nH]ncc1C(=O)O)C(=O)NC1CC1. The Bertz CT molecular complexity index is 634. The molecule has 1 heterocycles. The standard InChI is InChI=1S/C10H14N4O5S/c1-5(8(15)12-6-2-3-6)14-20(18,19)9-7(10(16)17)4-11-13-9/h4-6,14H,2-3H2,1H3,(H,11,13)(H,12,15)(H,16,17). The monoisotopic (exact) mass is 302 g/mol. The van der Waals surface area contributed by atoms with E-state index in [0.717, 1.165) is 19.0 Å². The van der Waals surface area contributed by atoms with E-state index < -0.39 is 38.5 Å². The molecule has 1 atom stereocenters. The number of carboxylic acids is 1. The fourth-order valence-electron chi connectivity index (χ4n) is 1.53. The van der Waals surface area contributed by atoms with E-state index in [1.807, 2.05) is 0 Å². The minimum atomic E-state index is -4.16. The summed E-state index contributed by atoms with van der Waals surface area (Å²) in [5, 5.41) is 16.4. The van der Waals surface area contributed by atoms with Gasteiger partial charge in [-0.3, -0.25) is 9.89 Å². The van der Waals surface area contributed by atoms with Crippen LogP contribution < -0.4 is 10.0 Å². The first-order valence-electron chi connectivity index (χ1n) is 5.90. The van der Waals surface area contributed by atoms with Gasteiger partial charge < -0.3 is 10.4 Å². The molecule has 1 saturated carbocycles. The van der Waals surface area contributed by atoms with E-state index in [4.69, 9.17) is 5.11 Å². The number of sulfonamides is 1. The number of aromatic carboxylic acids is 1. The van der Waals surface area contributed by atoms with Gasteiger partial charge in [0.1, 0.15) is 5.56 Å². The number of carbonyl (C=O) groups excluding carboxylic acids is 1. The van der Waals surface area contributed by atoms with Crippen molar-refractivity contribution in [2.75, 3.05) is 0 Å². The molecule has 0 radical (unpaired) electrons. The summed E-state index contributed by atoms with van der Waals surface area (Å²) in [6.45, 7) is 1.38. The number of aromatic amines is 1. The highest BCUT2D eigenvalue weighted by Crippen LogP contribution is 2.19. The predicted molar refractivity (Wildman–Crippen MR) is 66.5 cm³/mol. The maximum Gasteiger partial charge on any atom is 0.340 e. The van der Waals surface area contributed by atoms with Gasteiger partial charge in [0.05, 0.1) is 12.2 Å². The highest BCUT2D eigenvalue weighted by atomic mass is 32.2. The summed E-state index contributed by atoms with van der Waals surface area (Å²) < 4.78 is 26.1. The minimum Gasteiger partial charge on any atom is -0.478 e. The van der Waals surface area contributed by atoms with Gasteiger partial charge in [-0.2, -0.15) is 9.82 Å². The summed E-state index contributed by atoms with van der Waals surface area (Å²) in [7, 11) is -4.16. The normalized spacial score (nSPS) is 16.6. The van der Waals surface area contributed by atoms with Gasteiger partial charge in [0.15, 0.2) is 5.03 Å². The topological polar surface area (TPSA) is 141 Å². The van der Waals surface area contributed by atoms with Crippen LogP contribution in [0.1, 0.15) is 30.1 Å². The van der Waals surface area contributed by atoms with Crippen molar-refractivity contribution in [1.82, 2.24) is 20.2 Å². The molecule has 0 aliphatic heterocycles. The average molecular weight is 302 g/mol. The summed E-state index contributed by atoms with van der Waals surface area (Å²) in [6.07, 6.45) is 2.66. The smallest absolute Gasteiger partial charge is 0.340 e. The number of nitrogens with zero attached hydrogens (tertiary/aromatic N) is 1. The van der Waals surface area contributed by atoms with E-state index in [1.54, 1.807) is 0 Å². The Morgan fingerprint density at radius 1 is 1.50 bits per heavy atom. The Hall–Kier alpha value is -1.94. The molecule has 0 bridgehead atoms. The second-order valence-corrected chi connectivity index (χ2v) is 6.19. The van der Waals surface area contributed by atoms with Gasteiger partial charge in [-0.15, -0.1) is 0 Å². The van der Waals surface area contributed by atoms with E-state index in [-0.39, 0.29) is 6.04 Å². The third-order valence-corrected chi connectivity index (χ3v) is 4.26. The second-order valence-electron chi connectivity index (χ2n) is 4.54. The fraction of sp³-hybridized carbons (Fsp3) is 0.500. The highest BCUT2D eigenvalue weighted by Gasteiger charge is 2.30. The average Bonchev–Trinajstić information content (AvgIpc) is 3.00. The number of rotatable bonds is 6. The van der Waals surface area contributed by atoms with E-state index in [9.17, 15) is 18.0 Å². The van der Waals surface area contributed by atoms with Crippen LogP contribution in [0, 0.1) is 0 Å². The molecular formula is C10H14N4O5S. The predicted octanol–water partition coefficient (Wildman–Crippen LogP) is -0.947. The van der Waals surface area contributed by atoms with Gasteiger partial charge in [-0.05, 0) is 19.8 Å². The molecule has 110 valence electrons. The van der Waals surface area contributed by atoms with Crippen LogP contribution in [0.25, 0.3) is 0 Å². The van der Waals surface area contributed by atoms with Crippen molar-refractivity contribution in [2.24, 2.45) is 0 Å². The van der Waals surface area contributed by atoms with E-state index in [1.165, 1.54) is 6.92 Å². The first kappa shape index (κ1) is 14.5. The molecule has 9 nitrogen and oxygen atoms in total. The lowest BCUT2D eigenvalue weighted by Crippen LogP contribution is -2.45. The van der Waals surface area contributed by atoms with Crippen molar-refractivity contribution in [1.29, 1.82) is 0 Å². The third kappa shape index (κ3) is 3.14. The number of hydrogen-bond donors (Lipinski definition) is 4. The van der Waals surface area contributed by atoms with Crippen LogP contribution in [0.2, 0.25) is 0 Å². The molecule has 1 unspecified atom stereocenters. The van der Waals surface area contributed by atoms with Crippen LogP contribution in [0.5, 0.6) is 0 Å². The summed E-state index contributed by atoms with van der Waals surface area (Å²) in [4.78, 5) is 22.6. The molecule has 1 aromatic heterocycles. The molecular weight excluding hydrogens is 288 g/mol. The van der Waals surface area contributed by atoms with Crippen LogP contribution in [0.4, 0.5) is 0 Å². The van der Waals surface area contributed by atoms with E-state index in [0.29, 0.717) is 0 Å². The van der Waals surface area contributed by atoms with E-state index >= 15 is 0 Å². The zero-order valence-electron chi connectivity index (χ0n) is 10.6. The van der Waals surface area contributed by atoms with Gasteiger partial charge in [0.2, 0.25) is 5.91 Å². The van der Waals surface area contributed by atoms with Crippen LogP contribution in [-0.4, -0.2) is 47.7 Å². The van der Waals surface area contributed by atoms with Gasteiger partial charge in [0, 0.05) is 6.04 Å². The van der Waals surface area contributed by atoms with Crippen molar-refractivity contribution in [2.45, 2.75) is 36.9 Å². The number of H-pyrrole nitrogens is 1. The summed E-state index contributed by atoms with van der Waals surface area (Å²) in [6, 6.07) is -0.901. The van der Waals surface area contributed by atoms with Crippen LogP contribution >= 0.6 is 0 Å². The third-order valence-electron chi connectivity index (χ3n) is 2.75. The van der Waals surface area contributed by atoms with Gasteiger partial charge in [-0.25, -0.2) is 13.2 Å². The number of nitrogens with one attached hydrogen (secondary N) is 3. The van der Waals surface area contributed by atoms with Crippen LogP contribution in [0.15, 0.2) is 11.2 Å². The van der Waals surface area contributed by atoms with Crippen molar-refractivity contribution < 1.29 is 23.1 Å². The molecule has 10 heteroatoms. The first-order chi connectivity index (χ1) is 9.31. The first-order valence-corrected chi connectivity index (χ1v) is 7.39. The quantitative estimate of drug-likeness (QED) is 0.534. The molecule has 0 spiro atoms. The van der Waals surface area contributed by atoms with Crippen LogP contribution in [0.3, 0.4) is 0 Å². The molecule has 1 aromatic rings. The number of hydrogen-bond acceptors (Lipinski definition) is 5. The second kappa shape index (κ2) is 5.21. The maximum atomic E-state index is 12.0. The van der Waals surface area contributed by atoms with Crippen molar-refractivity contribution in [3.05, 3.63) is 11.8 Å². The van der Waals surface area contributed by atoms with Crippen molar-refractivity contribution in [3.63, 3.8) is 0 Å². The largest absolute Gasteiger partial charge is 0.478 e. The lowest BCUT2D eigenvalue weighted by molar-refractivity contribution is -0.122. The molecule has 0 aromatic carbocycles. The fourth-order valence-corrected chi connectivity index (χ4v) is 2.82. The molecule has 20 heavy (non-hydrogen) atoms. The Morgan fingerprint density at radius 3 is 2.70 bits per heavy atom. The van der Waals surface area contributed by atoms with Crippen molar-refractivity contribution >= 4 is 21.9 Å². The minimum absolute atomic E-state index is 0.108. The van der Waals surface area contributed by atoms with Gasteiger partial charge in [-0.1, -0.05) is 0 Å². The van der Waals surface area contributed by atoms with Gasteiger partial charge >= 0.3 is 5.97 Å². The zero-order valence-corrected chi connectivity index (χ0v) is 11.4. The molecule has 1 aliphatic rings. The number of carbonyl (C=O) groups is 2. The summed E-state index contributed by atoms with van der Waals surface area (Å²) in [5.74, 6) is -1.87. The Kier molecular flexibility index (Phi) is 3.77. The number of amides is 1. The molecule has 4 N–H and O–H groups in total. The lowest BCUT2D eigenvalue weighted by atomic mass is 10.3. The number of aromatic nitrogens is 2. The highest BCUT2D eigenvalue weighted by molar-refractivity contribution is 7.89. The zero-order chi connectivity index (χ0) is 14.9. The van der Waals surface area contributed by atoms with Gasteiger partial charge in [0.25, 0.3) is 10.0 Å². The van der Waals surface area contributed by atoms with Crippen molar-refractivity contribution in [3.8, 4) is 0 Å². The summed E-state index contributed by atoms with van der Waals surface area (Å²) in [5.41, 5.74) is -0.479. The van der Waals surface area contributed by atoms with Crippen LogP contribution in [-0.2, 0) is 14.8 Å². The Balaban J connectivity index is 2.11. The number of carboxylic acid groups (broad SMARTS) is 1. The molecule has 2 rings (SSSR count). The van der Waals surface area contributed by atoms with E-state index in [2.05, 4.69) is 20.2 Å². The maximum absolute atomic E-state index is 12.0. The molecule has 1 amide bonds. The Labute approximate surface area is 114 Å². The summed E-state index contributed by atoms with van der Waals surface area (Å²) >= 11 is 0.